The summed E-state index contributed by atoms with van der Waals surface area (Å²) in [5.41, 5.74) is 2.50. The van der Waals surface area contributed by atoms with Crippen molar-refractivity contribution < 1.29 is 4.79 Å². The number of carbonyl (C=O) groups excluding carboxylic acids is 1. The fourth-order valence-corrected chi connectivity index (χ4v) is 4.71. The molecule has 4 atom stereocenters. The van der Waals surface area contributed by atoms with Crippen molar-refractivity contribution in [2.24, 2.45) is 17.8 Å². The average Bonchev–Trinajstić information content (AvgIpc) is 3.21. The fraction of sp³-hybridized carbons (Fsp3) is 0.611. The number of hydrogen-bond donors (Lipinski definition) is 2. The number of carbonyl (C=O) groups is 1. The lowest BCUT2D eigenvalue weighted by molar-refractivity contribution is -0.121. The van der Waals surface area contributed by atoms with E-state index in [2.05, 4.69) is 28.8 Å². The van der Waals surface area contributed by atoms with Gasteiger partial charge in [0.25, 0.3) is 0 Å². The van der Waals surface area contributed by atoms with E-state index < -0.39 is 0 Å². The van der Waals surface area contributed by atoms with Gasteiger partial charge in [-0.3, -0.25) is 4.79 Å². The Bertz CT molecular complexity index is 542. The summed E-state index contributed by atoms with van der Waals surface area (Å²) >= 11 is 0. The number of hydrogen-bond acceptors (Lipinski definition) is 2. The van der Waals surface area contributed by atoms with Crippen molar-refractivity contribution in [3.8, 4) is 0 Å². The summed E-state index contributed by atoms with van der Waals surface area (Å²) in [6.07, 6.45) is 6.20. The van der Waals surface area contributed by atoms with Gasteiger partial charge in [0.2, 0.25) is 5.91 Å². The summed E-state index contributed by atoms with van der Waals surface area (Å²) in [5.74, 6) is 3.16. The summed E-state index contributed by atoms with van der Waals surface area (Å²) < 4.78 is 0. The molecule has 1 amide bonds. The van der Waals surface area contributed by atoms with Gasteiger partial charge in [-0.2, -0.15) is 0 Å². The van der Waals surface area contributed by atoms with Crippen molar-refractivity contribution in [3.05, 3.63) is 29.8 Å². The van der Waals surface area contributed by atoms with Crippen LogP contribution in [0.4, 0.5) is 5.69 Å². The van der Waals surface area contributed by atoms with Crippen LogP contribution in [0.5, 0.6) is 0 Å². The Hall–Kier alpha value is -1.51. The topological polar surface area (TPSA) is 41.1 Å². The number of anilines is 1. The summed E-state index contributed by atoms with van der Waals surface area (Å²) in [5, 5.41) is 6.60. The average molecular weight is 284 g/mol. The Morgan fingerprint density at radius 1 is 1.24 bits per heavy atom. The van der Waals surface area contributed by atoms with Gasteiger partial charge in [0.1, 0.15) is 0 Å². The van der Waals surface area contributed by atoms with Gasteiger partial charge in [-0.1, -0.05) is 24.6 Å². The monoisotopic (exact) mass is 284 g/mol. The van der Waals surface area contributed by atoms with Crippen molar-refractivity contribution in [1.82, 2.24) is 5.32 Å². The molecule has 2 bridgehead atoms. The Labute approximate surface area is 126 Å². The minimum Gasteiger partial charge on any atom is -0.384 e. The SMILES string of the molecule is O=C(CC1CNc2ccccc21)NCC1CC2CCC1C2. The highest BCUT2D eigenvalue weighted by Gasteiger charge is 2.39. The van der Waals surface area contributed by atoms with E-state index in [-0.39, 0.29) is 5.91 Å². The quantitative estimate of drug-likeness (QED) is 0.892. The van der Waals surface area contributed by atoms with Gasteiger partial charge >= 0.3 is 0 Å². The zero-order chi connectivity index (χ0) is 14.2. The predicted octanol–water partition coefficient (Wildman–Crippen LogP) is 3.14. The molecule has 2 N–H and O–H groups in total. The van der Waals surface area contributed by atoms with Crippen LogP contribution < -0.4 is 10.6 Å². The highest BCUT2D eigenvalue weighted by Crippen LogP contribution is 2.47. The van der Waals surface area contributed by atoms with E-state index >= 15 is 0 Å². The molecule has 4 rings (SSSR count). The van der Waals surface area contributed by atoms with E-state index in [0.29, 0.717) is 12.3 Å². The van der Waals surface area contributed by atoms with E-state index in [0.717, 1.165) is 30.8 Å². The number of rotatable bonds is 4. The van der Waals surface area contributed by atoms with E-state index in [9.17, 15) is 4.79 Å². The lowest BCUT2D eigenvalue weighted by Crippen LogP contribution is -2.32. The molecule has 0 aromatic heterocycles. The lowest BCUT2D eigenvalue weighted by Gasteiger charge is -2.22. The molecule has 1 aromatic rings. The van der Waals surface area contributed by atoms with Gasteiger partial charge in [0.05, 0.1) is 0 Å². The number of para-hydroxylation sites is 1. The van der Waals surface area contributed by atoms with Gasteiger partial charge in [0, 0.05) is 31.1 Å². The van der Waals surface area contributed by atoms with Gasteiger partial charge in [-0.25, -0.2) is 0 Å². The minimum absolute atomic E-state index is 0.223. The van der Waals surface area contributed by atoms with Gasteiger partial charge in [0.15, 0.2) is 0 Å². The van der Waals surface area contributed by atoms with Crippen molar-refractivity contribution in [2.45, 2.75) is 38.0 Å². The van der Waals surface area contributed by atoms with Gasteiger partial charge in [-0.15, -0.1) is 0 Å². The first-order valence-corrected chi connectivity index (χ1v) is 8.39. The molecule has 0 radical (unpaired) electrons. The Morgan fingerprint density at radius 2 is 2.14 bits per heavy atom. The molecule has 2 aliphatic carbocycles. The standard InChI is InChI=1S/C18H24N2O/c21-18(20-10-14-8-12-5-6-13(14)7-12)9-15-11-19-17-4-2-1-3-16(15)17/h1-4,12-15,19H,5-11H2,(H,20,21). The molecular formula is C18H24N2O. The molecule has 3 heteroatoms. The number of fused-ring (bicyclic) bond motifs is 3. The van der Waals surface area contributed by atoms with Crippen LogP contribution in [-0.4, -0.2) is 19.0 Å². The maximum absolute atomic E-state index is 12.2. The maximum atomic E-state index is 12.2. The summed E-state index contributed by atoms with van der Waals surface area (Å²) in [6, 6.07) is 8.35. The van der Waals surface area contributed by atoms with Crippen LogP contribution >= 0.6 is 0 Å². The highest BCUT2D eigenvalue weighted by molar-refractivity contribution is 5.78. The smallest absolute Gasteiger partial charge is 0.220 e. The largest absolute Gasteiger partial charge is 0.384 e. The summed E-state index contributed by atoms with van der Waals surface area (Å²) in [7, 11) is 0. The first kappa shape index (κ1) is 13.2. The first-order valence-electron chi connectivity index (χ1n) is 8.39. The zero-order valence-electron chi connectivity index (χ0n) is 12.5. The third-order valence-electron chi connectivity index (χ3n) is 5.82. The second-order valence-corrected chi connectivity index (χ2v) is 7.11. The number of amides is 1. The van der Waals surface area contributed by atoms with E-state index in [1.54, 1.807) is 0 Å². The van der Waals surface area contributed by atoms with Crippen LogP contribution in [0, 0.1) is 17.8 Å². The molecule has 1 heterocycles. The van der Waals surface area contributed by atoms with Crippen LogP contribution in [0.1, 0.15) is 43.6 Å². The third kappa shape index (κ3) is 2.54. The van der Waals surface area contributed by atoms with Crippen molar-refractivity contribution in [1.29, 1.82) is 0 Å². The fourth-order valence-electron chi connectivity index (χ4n) is 4.71. The highest BCUT2D eigenvalue weighted by atomic mass is 16.1. The van der Waals surface area contributed by atoms with Gasteiger partial charge < -0.3 is 10.6 Å². The summed E-state index contributed by atoms with van der Waals surface area (Å²) in [4.78, 5) is 12.2. The number of benzene rings is 1. The third-order valence-corrected chi connectivity index (χ3v) is 5.82. The van der Waals surface area contributed by atoms with E-state index in [4.69, 9.17) is 0 Å². The predicted molar refractivity (Wildman–Crippen MR) is 84.2 cm³/mol. The lowest BCUT2D eigenvalue weighted by atomic mass is 9.89. The normalized spacial score (nSPS) is 32.8. The van der Waals surface area contributed by atoms with Crippen molar-refractivity contribution in [3.63, 3.8) is 0 Å². The molecule has 1 aromatic carbocycles. The Balaban J connectivity index is 1.29. The Kier molecular flexibility index (Phi) is 3.36. The maximum Gasteiger partial charge on any atom is 0.220 e. The van der Waals surface area contributed by atoms with E-state index in [1.165, 1.54) is 36.9 Å². The van der Waals surface area contributed by atoms with Crippen molar-refractivity contribution >= 4 is 11.6 Å². The molecule has 2 fully saturated rings. The van der Waals surface area contributed by atoms with E-state index in [1.807, 2.05) is 6.07 Å². The summed E-state index contributed by atoms with van der Waals surface area (Å²) in [6.45, 7) is 1.79. The zero-order valence-corrected chi connectivity index (χ0v) is 12.5. The first-order chi connectivity index (χ1) is 10.3. The van der Waals surface area contributed by atoms with Crippen LogP contribution in [0.3, 0.4) is 0 Å². The molecule has 2 saturated carbocycles. The molecule has 112 valence electrons. The van der Waals surface area contributed by atoms with Crippen LogP contribution in [-0.2, 0) is 4.79 Å². The van der Waals surface area contributed by atoms with Crippen LogP contribution in [0.25, 0.3) is 0 Å². The second-order valence-electron chi connectivity index (χ2n) is 7.11. The van der Waals surface area contributed by atoms with Gasteiger partial charge in [-0.05, 0) is 48.6 Å². The molecule has 1 aliphatic heterocycles. The molecule has 21 heavy (non-hydrogen) atoms. The molecule has 0 spiro atoms. The number of nitrogens with one attached hydrogen (secondary N) is 2. The molecule has 3 nitrogen and oxygen atoms in total. The van der Waals surface area contributed by atoms with Crippen LogP contribution in [0.2, 0.25) is 0 Å². The molecule has 4 unspecified atom stereocenters. The van der Waals surface area contributed by atoms with Crippen molar-refractivity contribution in [2.75, 3.05) is 18.4 Å². The second kappa shape index (κ2) is 5.36. The van der Waals surface area contributed by atoms with Crippen LogP contribution in [0.15, 0.2) is 24.3 Å². The molecule has 3 aliphatic rings. The minimum atomic E-state index is 0.223. The Morgan fingerprint density at radius 3 is 2.95 bits per heavy atom. The molecular weight excluding hydrogens is 260 g/mol. The molecule has 0 saturated heterocycles.